The molecule has 1 amide bonds. The summed E-state index contributed by atoms with van der Waals surface area (Å²) in [6.45, 7) is 3.32. The van der Waals surface area contributed by atoms with Crippen LogP contribution in [0.15, 0.2) is 47.3 Å². The van der Waals surface area contributed by atoms with Crippen LogP contribution in [0.1, 0.15) is 35.9 Å². The van der Waals surface area contributed by atoms with Gasteiger partial charge in [0.05, 0.1) is 6.04 Å². The Kier molecular flexibility index (Phi) is 5.47. The first-order valence-corrected chi connectivity index (χ1v) is 7.49. The summed E-state index contributed by atoms with van der Waals surface area (Å²) in [6, 6.07) is 11.7. The highest BCUT2D eigenvalue weighted by Crippen LogP contribution is 2.11. The lowest BCUT2D eigenvalue weighted by atomic mass is 10.1. The minimum Gasteiger partial charge on any atom is -0.448 e. The van der Waals surface area contributed by atoms with Gasteiger partial charge in [0.15, 0.2) is 11.8 Å². The Bertz CT molecular complexity index is 786. The fraction of sp³-hybridized carbons (Fsp3) is 0.294. The zero-order chi connectivity index (χ0) is 17.7. The summed E-state index contributed by atoms with van der Waals surface area (Å²) in [5.74, 6) is -1.18. The topological polar surface area (TPSA) is 90.3 Å². The molecule has 0 bridgehead atoms. The molecule has 1 aromatic carbocycles. The van der Waals surface area contributed by atoms with Crippen LogP contribution in [0.5, 0.6) is 0 Å². The van der Waals surface area contributed by atoms with Crippen LogP contribution in [-0.4, -0.2) is 27.8 Å². The summed E-state index contributed by atoms with van der Waals surface area (Å²) in [4.78, 5) is 35.4. The third kappa shape index (κ3) is 4.28. The number of rotatable bonds is 5. The maximum atomic E-state index is 12.2. The van der Waals surface area contributed by atoms with E-state index in [-0.39, 0.29) is 17.3 Å². The number of amides is 1. The number of aromatic nitrogens is 2. The van der Waals surface area contributed by atoms with E-state index in [9.17, 15) is 14.4 Å². The van der Waals surface area contributed by atoms with Gasteiger partial charge < -0.3 is 10.1 Å². The number of hydrogen-bond acceptors (Lipinski definition) is 5. The highest BCUT2D eigenvalue weighted by molar-refractivity contribution is 5.90. The van der Waals surface area contributed by atoms with Gasteiger partial charge in [0.2, 0.25) is 0 Å². The van der Waals surface area contributed by atoms with Crippen molar-refractivity contribution >= 4 is 11.9 Å². The molecule has 2 unspecified atom stereocenters. The molecule has 2 atom stereocenters. The summed E-state index contributed by atoms with van der Waals surface area (Å²) >= 11 is 0. The second-order valence-corrected chi connectivity index (χ2v) is 5.37. The molecule has 1 aromatic heterocycles. The van der Waals surface area contributed by atoms with Crippen LogP contribution in [0.3, 0.4) is 0 Å². The molecule has 0 aliphatic rings. The molecule has 0 radical (unpaired) electrons. The van der Waals surface area contributed by atoms with E-state index in [0.29, 0.717) is 0 Å². The lowest BCUT2D eigenvalue weighted by Crippen LogP contribution is -2.37. The van der Waals surface area contributed by atoms with Crippen molar-refractivity contribution in [3.8, 4) is 0 Å². The van der Waals surface area contributed by atoms with E-state index in [1.54, 1.807) is 0 Å². The molecule has 0 fully saturated rings. The van der Waals surface area contributed by atoms with Crippen LogP contribution < -0.4 is 10.9 Å². The quantitative estimate of drug-likeness (QED) is 0.833. The fourth-order valence-electron chi connectivity index (χ4n) is 2.04. The number of carbonyl (C=O) groups excluding carboxylic acids is 2. The molecule has 7 nitrogen and oxygen atoms in total. The van der Waals surface area contributed by atoms with Crippen molar-refractivity contribution in [1.82, 2.24) is 15.1 Å². The predicted molar refractivity (Wildman–Crippen MR) is 87.4 cm³/mol. The molecule has 0 saturated carbocycles. The summed E-state index contributed by atoms with van der Waals surface area (Å²) in [5.41, 5.74) is 0.575. The number of aryl methyl sites for hydroxylation is 1. The van der Waals surface area contributed by atoms with Gasteiger partial charge in [-0.1, -0.05) is 30.3 Å². The number of benzene rings is 1. The molecule has 126 valence electrons. The Hall–Kier alpha value is -2.96. The third-order valence-corrected chi connectivity index (χ3v) is 3.48. The molecule has 0 aliphatic heterocycles. The number of esters is 1. The van der Waals surface area contributed by atoms with Crippen molar-refractivity contribution in [2.45, 2.75) is 26.0 Å². The summed E-state index contributed by atoms with van der Waals surface area (Å²) in [5, 5.41) is 6.57. The summed E-state index contributed by atoms with van der Waals surface area (Å²) in [6.07, 6.45) is -0.984. The van der Waals surface area contributed by atoms with Gasteiger partial charge in [-0.15, -0.1) is 0 Å². The van der Waals surface area contributed by atoms with E-state index in [4.69, 9.17) is 4.74 Å². The Morgan fingerprint density at radius 2 is 1.79 bits per heavy atom. The Morgan fingerprint density at radius 3 is 2.42 bits per heavy atom. The Morgan fingerprint density at radius 1 is 1.12 bits per heavy atom. The average Bonchev–Trinajstić information content (AvgIpc) is 2.57. The van der Waals surface area contributed by atoms with Crippen molar-refractivity contribution in [2.24, 2.45) is 7.05 Å². The smallest absolute Gasteiger partial charge is 0.359 e. The molecule has 0 spiro atoms. The first kappa shape index (κ1) is 17.4. The van der Waals surface area contributed by atoms with Crippen molar-refractivity contribution in [3.63, 3.8) is 0 Å². The van der Waals surface area contributed by atoms with Gasteiger partial charge in [-0.3, -0.25) is 9.59 Å². The second-order valence-electron chi connectivity index (χ2n) is 5.37. The molecule has 1 heterocycles. The summed E-state index contributed by atoms with van der Waals surface area (Å²) in [7, 11) is 1.43. The molecular formula is C17H19N3O4. The number of nitrogens with one attached hydrogen (secondary N) is 1. The molecular weight excluding hydrogens is 310 g/mol. The van der Waals surface area contributed by atoms with Crippen molar-refractivity contribution in [3.05, 3.63) is 64.1 Å². The molecule has 2 aromatic rings. The molecule has 0 aliphatic carbocycles. The first-order chi connectivity index (χ1) is 11.4. The highest BCUT2D eigenvalue weighted by atomic mass is 16.5. The first-order valence-electron chi connectivity index (χ1n) is 7.49. The van der Waals surface area contributed by atoms with Crippen molar-refractivity contribution in [2.75, 3.05) is 0 Å². The number of hydrogen-bond donors (Lipinski definition) is 1. The molecule has 24 heavy (non-hydrogen) atoms. The summed E-state index contributed by atoms with van der Waals surface area (Å²) < 4.78 is 6.13. The van der Waals surface area contributed by atoms with Crippen LogP contribution in [-0.2, 0) is 16.6 Å². The number of carbonyl (C=O) groups is 2. The largest absolute Gasteiger partial charge is 0.448 e. The number of ether oxygens (including phenoxy) is 1. The lowest BCUT2D eigenvalue weighted by Gasteiger charge is -2.18. The second kappa shape index (κ2) is 7.54. The number of nitrogens with zero attached hydrogens (tertiary/aromatic N) is 2. The zero-order valence-electron chi connectivity index (χ0n) is 13.7. The van der Waals surface area contributed by atoms with Crippen LogP contribution in [0, 0.1) is 0 Å². The normalized spacial score (nSPS) is 13.0. The maximum Gasteiger partial charge on any atom is 0.359 e. The van der Waals surface area contributed by atoms with E-state index < -0.39 is 18.0 Å². The standard InChI is InChI=1S/C17H19N3O4/c1-11(13-7-5-4-6-8-13)18-16(22)12(2)24-17(23)14-9-10-15(21)20(3)19-14/h4-12H,1-3H3,(H,18,22). The maximum absolute atomic E-state index is 12.2. The third-order valence-electron chi connectivity index (χ3n) is 3.48. The van der Waals surface area contributed by atoms with Crippen LogP contribution in [0.4, 0.5) is 0 Å². The molecule has 1 N–H and O–H groups in total. The molecule has 7 heteroatoms. The van der Waals surface area contributed by atoms with E-state index in [1.165, 1.54) is 26.1 Å². The average molecular weight is 329 g/mol. The van der Waals surface area contributed by atoms with E-state index in [0.717, 1.165) is 10.2 Å². The van der Waals surface area contributed by atoms with Gasteiger partial charge in [-0.2, -0.15) is 5.10 Å². The van der Waals surface area contributed by atoms with Crippen LogP contribution >= 0.6 is 0 Å². The van der Waals surface area contributed by atoms with Crippen LogP contribution in [0.2, 0.25) is 0 Å². The van der Waals surface area contributed by atoms with Gasteiger partial charge in [0, 0.05) is 13.1 Å². The Labute approximate surface area is 139 Å². The van der Waals surface area contributed by atoms with Gasteiger partial charge in [-0.05, 0) is 25.5 Å². The molecule has 0 saturated heterocycles. The highest BCUT2D eigenvalue weighted by Gasteiger charge is 2.21. The predicted octanol–water partition coefficient (Wildman–Crippen LogP) is 1.20. The van der Waals surface area contributed by atoms with Crippen LogP contribution in [0.25, 0.3) is 0 Å². The van der Waals surface area contributed by atoms with Crippen molar-refractivity contribution < 1.29 is 14.3 Å². The van der Waals surface area contributed by atoms with Gasteiger partial charge >= 0.3 is 5.97 Å². The minimum absolute atomic E-state index is 0.0344. The SMILES string of the molecule is CC(OC(=O)c1ccc(=O)n(C)n1)C(=O)NC(C)c1ccccc1. The lowest BCUT2D eigenvalue weighted by molar-refractivity contribution is -0.129. The van der Waals surface area contributed by atoms with Gasteiger partial charge in [0.25, 0.3) is 11.5 Å². The zero-order valence-corrected chi connectivity index (χ0v) is 13.7. The van der Waals surface area contributed by atoms with E-state index in [2.05, 4.69) is 10.4 Å². The Balaban J connectivity index is 1.97. The van der Waals surface area contributed by atoms with E-state index in [1.807, 2.05) is 37.3 Å². The van der Waals surface area contributed by atoms with Gasteiger partial charge in [-0.25, -0.2) is 9.48 Å². The fourth-order valence-corrected chi connectivity index (χ4v) is 2.04. The van der Waals surface area contributed by atoms with E-state index >= 15 is 0 Å². The molecule has 2 rings (SSSR count). The monoisotopic (exact) mass is 329 g/mol. The minimum atomic E-state index is -0.984. The van der Waals surface area contributed by atoms with Crippen molar-refractivity contribution in [1.29, 1.82) is 0 Å². The van der Waals surface area contributed by atoms with Gasteiger partial charge in [0.1, 0.15) is 0 Å².